The van der Waals surface area contributed by atoms with Crippen LogP contribution >= 0.6 is 15.9 Å². The average Bonchev–Trinajstić information content (AvgIpc) is 2.39. The predicted octanol–water partition coefficient (Wildman–Crippen LogP) is 2.86. The van der Waals surface area contributed by atoms with E-state index < -0.39 is 17.3 Å². The number of azide groups is 1. The van der Waals surface area contributed by atoms with E-state index in [9.17, 15) is 9.18 Å². The molecule has 0 aliphatic heterocycles. The zero-order valence-corrected chi connectivity index (χ0v) is 11.6. The van der Waals surface area contributed by atoms with Gasteiger partial charge in [0.15, 0.2) is 0 Å². The fraction of sp³-hybridized carbons (Fsp3) is 0.250. The second-order valence-electron chi connectivity index (χ2n) is 3.94. The van der Waals surface area contributed by atoms with Gasteiger partial charge in [-0.15, -0.1) is 6.42 Å². The van der Waals surface area contributed by atoms with Crippen LogP contribution in [0.2, 0.25) is 0 Å². The van der Waals surface area contributed by atoms with Gasteiger partial charge in [0, 0.05) is 14.9 Å². The van der Waals surface area contributed by atoms with Gasteiger partial charge in [-0.25, -0.2) is 4.39 Å². The smallest absolute Gasteiger partial charge is 0.296 e. The van der Waals surface area contributed by atoms with Crippen LogP contribution in [0.5, 0.6) is 0 Å². The third-order valence-corrected chi connectivity index (χ3v) is 2.99. The van der Waals surface area contributed by atoms with E-state index in [0.29, 0.717) is 4.47 Å². The van der Waals surface area contributed by atoms with E-state index >= 15 is 0 Å². The molecule has 0 aromatic heterocycles. The number of carbonyl (C=O) groups excluding carboxylic acids is 1. The summed E-state index contributed by atoms with van der Waals surface area (Å²) in [6.07, 6.45) is 4.99. The van der Waals surface area contributed by atoms with Crippen molar-refractivity contribution in [3.63, 3.8) is 0 Å². The zero-order chi connectivity index (χ0) is 14.5. The Hall–Kier alpha value is -2.03. The van der Waals surface area contributed by atoms with Crippen LogP contribution in [0.4, 0.5) is 4.39 Å². The Morgan fingerprint density at radius 1 is 1.74 bits per heavy atom. The van der Waals surface area contributed by atoms with Gasteiger partial charge in [-0.05, 0) is 36.6 Å². The van der Waals surface area contributed by atoms with E-state index in [-0.39, 0.29) is 12.1 Å². The molecule has 0 saturated carbocycles. The van der Waals surface area contributed by atoms with Crippen molar-refractivity contribution in [2.75, 3.05) is 6.54 Å². The summed E-state index contributed by atoms with van der Waals surface area (Å²) >= 11 is 3.22. The first-order valence-corrected chi connectivity index (χ1v) is 5.97. The van der Waals surface area contributed by atoms with Crippen LogP contribution in [0, 0.1) is 18.2 Å². The minimum atomic E-state index is -1.22. The number of hydrogen-bond acceptors (Lipinski definition) is 2. The van der Waals surface area contributed by atoms with Crippen molar-refractivity contribution in [2.24, 2.45) is 5.11 Å². The maximum Gasteiger partial charge on any atom is 0.296 e. The highest BCUT2D eigenvalue weighted by molar-refractivity contribution is 9.10. The number of terminal acetylenes is 1. The quantitative estimate of drug-likeness (QED) is 0.393. The van der Waals surface area contributed by atoms with Gasteiger partial charge in [-0.1, -0.05) is 21.0 Å². The molecule has 0 heterocycles. The molecule has 1 atom stereocenters. The summed E-state index contributed by atoms with van der Waals surface area (Å²) in [4.78, 5) is 14.0. The third-order valence-electron chi connectivity index (χ3n) is 2.49. The Morgan fingerprint density at radius 3 is 3.00 bits per heavy atom. The summed E-state index contributed by atoms with van der Waals surface area (Å²) in [5, 5.41) is 5.86. The van der Waals surface area contributed by atoms with Gasteiger partial charge < -0.3 is 5.32 Å². The lowest BCUT2D eigenvalue weighted by Gasteiger charge is -2.29. The van der Waals surface area contributed by atoms with Gasteiger partial charge in [-0.2, -0.15) is 0 Å². The highest BCUT2D eigenvalue weighted by Gasteiger charge is 2.30. The summed E-state index contributed by atoms with van der Waals surface area (Å²) in [7, 11) is 0. The lowest BCUT2D eigenvalue weighted by molar-refractivity contribution is -0.117. The predicted molar refractivity (Wildman–Crippen MR) is 72.4 cm³/mol. The van der Waals surface area contributed by atoms with Gasteiger partial charge >= 0.3 is 0 Å². The number of benzene rings is 1. The molecule has 5 nitrogen and oxygen atoms in total. The van der Waals surface area contributed by atoms with Crippen LogP contribution in [-0.4, -0.2) is 12.5 Å². The first-order valence-electron chi connectivity index (χ1n) is 5.18. The van der Waals surface area contributed by atoms with Gasteiger partial charge in [-0.3, -0.25) is 4.79 Å². The molecule has 0 aliphatic carbocycles. The molecule has 1 N–H and O–H groups in total. The van der Waals surface area contributed by atoms with Crippen molar-refractivity contribution in [3.05, 3.63) is 44.5 Å². The Morgan fingerprint density at radius 2 is 2.42 bits per heavy atom. The largest absolute Gasteiger partial charge is 0.336 e. The highest BCUT2D eigenvalue weighted by Crippen LogP contribution is 2.27. The minimum Gasteiger partial charge on any atom is -0.336 e. The normalized spacial score (nSPS) is 12.7. The number of nitrogens with one attached hydrogen (secondary N) is 1. The van der Waals surface area contributed by atoms with Crippen molar-refractivity contribution in [2.45, 2.75) is 12.5 Å². The molecular weight excluding hydrogens is 315 g/mol. The Bertz CT molecular complexity index is 592. The van der Waals surface area contributed by atoms with Gasteiger partial charge in [0.1, 0.15) is 5.82 Å². The summed E-state index contributed by atoms with van der Waals surface area (Å²) in [6.45, 7) is 1.37. The number of hydrogen-bond donors (Lipinski definition) is 1. The molecule has 0 aliphatic rings. The van der Waals surface area contributed by atoms with Crippen molar-refractivity contribution < 1.29 is 9.18 Å². The molecule has 0 bridgehead atoms. The molecule has 1 aromatic carbocycles. The van der Waals surface area contributed by atoms with E-state index in [1.54, 1.807) is 0 Å². The van der Waals surface area contributed by atoms with E-state index in [2.05, 4.69) is 31.3 Å². The monoisotopic (exact) mass is 324 g/mol. The molecular formula is C12H10BrFN4O. The lowest BCUT2D eigenvalue weighted by atomic mass is 9.91. The second-order valence-corrected chi connectivity index (χ2v) is 4.86. The van der Waals surface area contributed by atoms with Gasteiger partial charge in [0.25, 0.3) is 5.91 Å². The molecule has 1 rings (SSSR count). The van der Waals surface area contributed by atoms with E-state index in [1.165, 1.54) is 25.1 Å². The summed E-state index contributed by atoms with van der Waals surface area (Å²) < 4.78 is 14.5. The van der Waals surface area contributed by atoms with Crippen molar-refractivity contribution >= 4 is 21.8 Å². The van der Waals surface area contributed by atoms with E-state index in [4.69, 9.17) is 12.0 Å². The molecule has 98 valence electrons. The van der Waals surface area contributed by atoms with Gasteiger partial charge in [0.05, 0.1) is 12.1 Å². The number of halogens is 2. The number of rotatable bonds is 4. The van der Waals surface area contributed by atoms with Crippen LogP contribution < -0.4 is 5.32 Å². The minimum absolute atomic E-state index is 0.162. The number of amides is 1. The standard InChI is InChI=1S/C12H10BrFN4O/c1-3-11(19)17-12(2,7-16-18-15)9-6-8(13)4-5-10(9)14/h1,4-6H,7H2,2H3,(H,17,19). The average molecular weight is 325 g/mol. The molecule has 0 spiro atoms. The van der Waals surface area contributed by atoms with Crippen molar-refractivity contribution in [1.82, 2.24) is 5.32 Å². The topological polar surface area (TPSA) is 77.9 Å². The van der Waals surface area contributed by atoms with Crippen molar-refractivity contribution in [3.8, 4) is 12.3 Å². The molecule has 0 fully saturated rings. The van der Waals surface area contributed by atoms with Crippen LogP contribution in [0.15, 0.2) is 27.8 Å². The maximum absolute atomic E-state index is 13.9. The zero-order valence-electron chi connectivity index (χ0n) is 10.0. The van der Waals surface area contributed by atoms with Crippen molar-refractivity contribution in [1.29, 1.82) is 0 Å². The molecule has 0 radical (unpaired) electrons. The summed E-state index contributed by atoms with van der Waals surface area (Å²) in [5.41, 5.74) is 7.35. The van der Waals surface area contributed by atoms with Crippen LogP contribution in [0.3, 0.4) is 0 Å². The molecule has 1 aromatic rings. The molecule has 0 saturated heterocycles. The molecule has 19 heavy (non-hydrogen) atoms. The summed E-state index contributed by atoms with van der Waals surface area (Å²) in [5.74, 6) is 0.638. The fourth-order valence-electron chi connectivity index (χ4n) is 1.57. The Balaban J connectivity index is 3.29. The van der Waals surface area contributed by atoms with Gasteiger partial charge in [0.2, 0.25) is 0 Å². The first-order chi connectivity index (χ1) is 8.92. The molecule has 1 unspecified atom stereocenters. The highest BCUT2D eigenvalue weighted by atomic mass is 79.9. The third kappa shape index (κ3) is 3.71. The maximum atomic E-state index is 13.9. The number of nitrogens with zero attached hydrogens (tertiary/aromatic N) is 3. The first kappa shape index (κ1) is 15.0. The van der Waals surface area contributed by atoms with Crippen LogP contribution in [-0.2, 0) is 10.3 Å². The Kier molecular flexibility index (Phi) is 4.93. The second kappa shape index (κ2) is 6.23. The summed E-state index contributed by atoms with van der Waals surface area (Å²) in [6, 6.07) is 4.27. The molecule has 1 amide bonds. The fourth-order valence-corrected chi connectivity index (χ4v) is 1.93. The van der Waals surface area contributed by atoms with Crippen LogP contribution in [0.1, 0.15) is 12.5 Å². The Labute approximate surface area is 117 Å². The van der Waals surface area contributed by atoms with Crippen LogP contribution in [0.25, 0.3) is 10.4 Å². The number of carbonyl (C=O) groups is 1. The molecule has 7 heteroatoms. The lowest BCUT2D eigenvalue weighted by Crippen LogP contribution is -2.46. The van der Waals surface area contributed by atoms with E-state index in [0.717, 1.165) is 0 Å². The van der Waals surface area contributed by atoms with E-state index in [1.807, 2.05) is 5.92 Å². The SMILES string of the molecule is C#CC(=O)NC(C)(CN=[N+]=[N-])c1cc(Br)ccc1F.